The minimum atomic E-state index is 0.109. The monoisotopic (exact) mass is 462 g/mol. The number of fused-ring (bicyclic) bond motifs is 2. The van der Waals surface area contributed by atoms with Gasteiger partial charge in [0.25, 0.3) is 0 Å². The van der Waals surface area contributed by atoms with Gasteiger partial charge < -0.3 is 37.8 Å². The molecule has 2 atom stereocenters. The van der Waals surface area contributed by atoms with Crippen molar-refractivity contribution in [3.8, 4) is 17.6 Å². The second-order valence-corrected chi connectivity index (χ2v) is 7.93. The number of rotatable bonds is 4. The highest BCUT2D eigenvalue weighted by atomic mass is 16.3. The van der Waals surface area contributed by atoms with Crippen molar-refractivity contribution in [1.82, 2.24) is 14.9 Å². The molecule has 0 radical (unpaired) electrons. The molecule has 4 rings (SSSR count). The molecule has 2 bridgehead atoms. The molecule has 0 saturated carbocycles. The molecule has 2 fully saturated rings. The van der Waals surface area contributed by atoms with Crippen LogP contribution in [0.4, 0.5) is 5.95 Å². The molecule has 0 amide bonds. The van der Waals surface area contributed by atoms with E-state index in [-0.39, 0.29) is 23.7 Å². The molecule has 9 N–H and O–H groups in total. The van der Waals surface area contributed by atoms with E-state index in [0.717, 1.165) is 18.4 Å². The quantitative estimate of drug-likeness (QED) is 0.333. The summed E-state index contributed by atoms with van der Waals surface area (Å²) in [7, 11) is 0. The number of hydrogen-bond acceptors (Lipinski definition) is 9. The average Bonchev–Trinajstić information content (AvgIpc) is 3.11. The van der Waals surface area contributed by atoms with E-state index in [1.165, 1.54) is 0 Å². The van der Waals surface area contributed by atoms with Gasteiger partial charge in [0, 0.05) is 48.8 Å². The lowest BCUT2D eigenvalue weighted by Crippen LogP contribution is -2.54. The predicted molar refractivity (Wildman–Crippen MR) is 136 cm³/mol. The second kappa shape index (κ2) is 11.3. The first kappa shape index (κ1) is 24.7. The zero-order valence-electron chi connectivity index (χ0n) is 19.8. The fraction of sp³-hybridized carbons (Fsp3) is 0.360. The van der Waals surface area contributed by atoms with Crippen LogP contribution < -0.4 is 27.8 Å². The molecule has 2 saturated heterocycles. The summed E-state index contributed by atoms with van der Waals surface area (Å²) in [5.41, 5.74) is 26.1. The molecule has 3 heterocycles. The molecule has 9 heteroatoms. The number of allylic oxidation sites excluding steroid dienone is 1. The number of nitrogens with zero attached hydrogens (tertiary/aromatic N) is 4. The van der Waals surface area contributed by atoms with Gasteiger partial charge in [-0.25, -0.2) is 9.97 Å². The molecule has 2 aliphatic rings. The van der Waals surface area contributed by atoms with Gasteiger partial charge in [0.15, 0.2) is 0 Å². The predicted octanol–water partition coefficient (Wildman–Crippen LogP) is 1.26. The molecular weight excluding hydrogens is 428 g/mol. The van der Waals surface area contributed by atoms with Crippen LogP contribution in [0.25, 0.3) is 5.70 Å². The number of phenols is 1. The van der Waals surface area contributed by atoms with Crippen molar-refractivity contribution in [2.75, 3.05) is 24.5 Å². The van der Waals surface area contributed by atoms with E-state index in [1.54, 1.807) is 36.7 Å². The van der Waals surface area contributed by atoms with Crippen LogP contribution in [0.2, 0.25) is 0 Å². The highest BCUT2D eigenvalue weighted by Crippen LogP contribution is 2.35. The number of hydrogen-bond donors (Lipinski definition) is 5. The van der Waals surface area contributed by atoms with Gasteiger partial charge in [0.1, 0.15) is 11.6 Å². The Morgan fingerprint density at radius 1 is 1.09 bits per heavy atom. The van der Waals surface area contributed by atoms with E-state index >= 15 is 0 Å². The first-order valence-electron chi connectivity index (χ1n) is 11.5. The van der Waals surface area contributed by atoms with Gasteiger partial charge in [-0.1, -0.05) is 37.8 Å². The molecule has 1 aromatic heterocycles. The molecule has 2 aromatic rings. The third kappa shape index (κ3) is 5.35. The number of nitrogens with two attached hydrogens (primary N) is 4. The lowest BCUT2D eigenvalue weighted by atomic mass is 10.1. The average molecular weight is 463 g/mol. The molecule has 180 valence electrons. The van der Waals surface area contributed by atoms with Gasteiger partial charge in [0.2, 0.25) is 5.95 Å². The topological polar surface area (TPSA) is 157 Å². The molecular formula is C25H34N8O. The standard InChI is InChI=1S/C23H28N8O.C2H6/c24-9-3-4-15-11-28-23(29-12-15)31-16-7-8-17(31)14-30(13-16)20(22(26)27)10-19(25)18-5-1-2-6-21(18)32;1-2/h1-2,5-6,10-12,16-17,32H,7-9,13-14,24-27H2;1-2H3/b19-10-;. The van der Waals surface area contributed by atoms with Gasteiger partial charge in [-0.15, -0.1) is 0 Å². The fourth-order valence-electron chi connectivity index (χ4n) is 4.40. The third-order valence-corrected chi connectivity index (χ3v) is 5.83. The summed E-state index contributed by atoms with van der Waals surface area (Å²) in [6.45, 7) is 5.73. The summed E-state index contributed by atoms with van der Waals surface area (Å²) in [6, 6.07) is 7.36. The maximum atomic E-state index is 10.1. The SMILES string of the molecule is CC.NCC#Cc1cnc(N2C3CCC2CN(C(/C=C(\N)c2ccccc2O)=C(N)N)C3)nc1. The van der Waals surface area contributed by atoms with Gasteiger partial charge in [0.05, 0.1) is 17.8 Å². The smallest absolute Gasteiger partial charge is 0.225 e. The van der Waals surface area contributed by atoms with Crippen LogP contribution in [0.3, 0.4) is 0 Å². The van der Waals surface area contributed by atoms with Crippen molar-refractivity contribution in [2.24, 2.45) is 22.9 Å². The summed E-state index contributed by atoms with van der Waals surface area (Å²) in [6.07, 6.45) is 7.25. The second-order valence-electron chi connectivity index (χ2n) is 7.93. The lowest BCUT2D eigenvalue weighted by molar-refractivity contribution is 0.275. The number of para-hydroxylation sites is 1. The van der Waals surface area contributed by atoms with Gasteiger partial charge in [-0.3, -0.25) is 0 Å². The van der Waals surface area contributed by atoms with E-state index in [4.69, 9.17) is 22.9 Å². The van der Waals surface area contributed by atoms with E-state index in [2.05, 4.69) is 31.6 Å². The van der Waals surface area contributed by atoms with Crippen LogP contribution in [0.1, 0.15) is 37.8 Å². The van der Waals surface area contributed by atoms with Crippen LogP contribution in [-0.4, -0.2) is 51.7 Å². The van der Waals surface area contributed by atoms with E-state index in [0.29, 0.717) is 42.5 Å². The van der Waals surface area contributed by atoms with Crippen LogP contribution >= 0.6 is 0 Å². The van der Waals surface area contributed by atoms with Gasteiger partial charge in [-0.05, 0) is 31.1 Å². The molecule has 2 unspecified atom stereocenters. The Kier molecular flexibility index (Phi) is 8.22. The summed E-state index contributed by atoms with van der Waals surface area (Å²) in [5, 5.41) is 10.1. The third-order valence-electron chi connectivity index (χ3n) is 5.83. The van der Waals surface area contributed by atoms with Crippen LogP contribution in [0.5, 0.6) is 5.75 Å². The largest absolute Gasteiger partial charge is 0.507 e. The zero-order valence-corrected chi connectivity index (χ0v) is 19.8. The Labute approximate surface area is 201 Å². The Balaban J connectivity index is 0.00000158. The Morgan fingerprint density at radius 2 is 1.71 bits per heavy atom. The Hall–Kier alpha value is -3.90. The summed E-state index contributed by atoms with van der Waals surface area (Å²) >= 11 is 0. The number of aromatic hydroxyl groups is 1. The maximum absolute atomic E-state index is 10.1. The van der Waals surface area contributed by atoms with Gasteiger partial charge in [-0.2, -0.15) is 0 Å². The maximum Gasteiger partial charge on any atom is 0.225 e. The summed E-state index contributed by atoms with van der Waals surface area (Å²) in [4.78, 5) is 13.5. The first-order valence-corrected chi connectivity index (χ1v) is 11.5. The van der Waals surface area contributed by atoms with Crippen molar-refractivity contribution in [3.05, 3.63) is 65.4 Å². The van der Waals surface area contributed by atoms with Crippen molar-refractivity contribution in [2.45, 2.75) is 38.8 Å². The number of phenolic OH excluding ortho intramolecular Hbond substituents is 1. The highest BCUT2D eigenvalue weighted by Gasteiger charge is 2.41. The van der Waals surface area contributed by atoms with Crippen LogP contribution in [-0.2, 0) is 0 Å². The minimum absolute atomic E-state index is 0.109. The molecule has 0 spiro atoms. The molecule has 34 heavy (non-hydrogen) atoms. The van der Waals surface area contributed by atoms with Crippen LogP contribution in [0.15, 0.2) is 54.3 Å². The number of benzene rings is 1. The van der Waals surface area contributed by atoms with Crippen LogP contribution in [0, 0.1) is 11.8 Å². The fourth-order valence-corrected chi connectivity index (χ4v) is 4.40. The van der Waals surface area contributed by atoms with Crippen molar-refractivity contribution >= 4 is 11.6 Å². The van der Waals surface area contributed by atoms with Gasteiger partial charge >= 0.3 is 0 Å². The number of anilines is 1. The summed E-state index contributed by atoms with van der Waals surface area (Å²) < 4.78 is 0. The molecule has 2 aliphatic heterocycles. The molecule has 9 nitrogen and oxygen atoms in total. The number of piperazine rings is 1. The Morgan fingerprint density at radius 3 is 2.26 bits per heavy atom. The van der Waals surface area contributed by atoms with E-state index < -0.39 is 0 Å². The van der Waals surface area contributed by atoms with Crippen molar-refractivity contribution < 1.29 is 5.11 Å². The zero-order chi connectivity index (χ0) is 24.7. The lowest BCUT2D eigenvalue weighted by Gasteiger charge is -2.42. The first-order chi connectivity index (χ1) is 16.5. The summed E-state index contributed by atoms with van der Waals surface area (Å²) in [5.74, 6) is 6.76. The highest BCUT2D eigenvalue weighted by molar-refractivity contribution is 5.70. The normalized spacial score (nSPS) is 19.0. The number of aromatic nitrogens is 2. The molecule has 1 aromatic carbocycles. The Bertz CT molecular complexity index is 1080. The van der Waals surface area contributed by atoms with Crippen molar-refractivity contribution in [3.63, 3.8) is 0 Å². The number of likely N-dealkylation sites (tertiary alicyclic amines) is 1. The van der Waals surface area contributed by atoms with Crippen molar-refractivity contribution in [1.29, 1.82) is 0 Å². The minimum Gasteiger partial charge on any atom is -0.507 e. The van der Waals surface area contributed by atoms with E-state index in [9.17, 15) is 5.11 Å². The van der Waals surface area contributed by atoms with E-state index in [1.807, 2.05) is 19.9 Å². The molecule has 0 aliphatic carbocycles.